The summed E-state index contributed by atoms with van der Waals surface area (Å²) in [6.07, 6.45) is 1.95. The lowest BCUT2D eigenvalue weighted by Gasteiger charge is -2.21. The number of nitrogens with one attached hydrogen (secondary N) is 1. The molecule has 2 rings (SSSR count). The van der Waals surface area contributed by atoms with E-state index >= 15 is 0 Å². The second-order valence-electron chi connectivity index (χ2n) is 4.86. The molecule has 0 amide bonds. The highest BCUT2D eigenvalue weighted by atomic mass is 19.1. The molecule has 0 aliphatic carbocycles. The minimum Gasteiger partial charge on any atom is -0.395 e. The third-order valence-corrected chi connectivity index (χ3v) is 3.22. The van der Waals surface area contributed by atoms with Crippen molar-refractivity contribution >= 4 is 0 Å². The number of nitrogens with zero attached hydrogens (tertiary/aromatic N) is 1. The Morgan fingerprint density at radius 3 is 2.55 bits per heavy atom. The predicted molar refractivity (Wildman–Crippen MR) is 76.8 cm³/mol. The van der Waals surface area contributed by atoms with Crippen LogP contribution in [0, 0.1) is 5.82 Å². The highest BCUT2D eigenvalue weighted by molar-refractivity contribution is 5.16. The van der Waals surface area contributed by atoms with Gasteiger partial charge < -0.3 is 10.4 Å². The fraction of sp³-hybridized carbons (Fsp3) is 0.312. The summed E-state index contributed by atoms with van der Waals surface area (Å²) in [7, 11) is 0. The number of aliphatic hydroxyl groups is 1. The first-order valence-electron chi connectivity index (χ1n) is 6.71. The zero-order valence-electron chi connectivity index (χ0n) is 11.5. The maximum Gasteiger partial charge on any atom is 0.141 e. The SMILES string of the molecule is CC(NC(CO)Cc1ccccc1)c1ccc(F)cn1. The van der Waals surface area contributed by atoms with E-state index in [2.05, 4.69) is 10.3 Å². The lowest BCUT2D eigenvalue weighted by Crippen LogP contribution is -2.36. The predicted octanol–water partition coefficient (Wildman–Crippen LogP) is 2.47. The van der Waals surface area contributed by atoms with Crippen LogP contribution in [0.5, 0.6) is 0 Å². The van der Waals surface area contributed by atoms with Crippen LogP contribution in [-0.2, 0) is 6.42 Å². The number of aromatic nitrogens is 1. The van der Waals surface area contributed by atoms with Crippen LogP contribution in [0.4, 0.5) is 4.39 Å². The van der Waals surface area contributed by atoms with Crippen LogP contribution >= 0.6 is 0 Å². The van der Waals surface area contributed by atoms with Crippen molar-refractivity contribution in [2.45, 2.75) is 25.4 Å². The lowest BCUT2D eigenvalue weighted by molar-refractivity contribution is 0.232. The Balaban J connectivity index is 1.97. The Hall–Kier alpha value is -1.78. The lowest BCUT2D eigenvalue weighted by atomic mass is 10.1. The van der Waals surface area contributed by atoms with Gasteiger partial charge in [-0.3, -0.25) is 4.98 Å². The van der Waals surface area contributed by atoms with E-state index in [0.29, 0.717) is 0 Å². The number of benzene rings is 1. The van der Waals surface area contributed by atoms with Gasteiger partial charge in [0.15, 0.2) is 0 Å². The van der Waals surface area contributed by atoms with E-state index in [1.807, 2.05) is 37.3 Å². The summed E-state index contributed by atoms with van der Waals surface area (Å²) in [6.45, 7) is 1.99. The van der Waals surface area contributed by atoms with Gasteiger partial charge >= 0.3 is 0 Å². The van der Waals surface area contributed by atoms with Crippen LogP contribution in [0.25, 0.3) is 0 Å². The molecule has 3 nitrogen and oxygen atoms in total. The molecule has 4 heteroatoms. The summed E-state index contributed by atoms with van der Waals surface area (Å²) in [5.41, 5.74) is 1.93. The second kappa shape index (κ2) is 7.12. The molecule has 2 unspecified atom stereocenters. The summed E-state index contributed by atoms with van der Waals surface area (Å²) >= 11 is 0. The molecule has 0 radical (unpaired) electrons. The van der Waals surface area contributed by atoms with Crippen molar-refractivity contribution in [3.63, 3.8) is 0 Å². The highest BCUT2D eigenvalue weighted by Crippen LogP contribution is 2.12. The third kappa shape index (κ3) is 4.11. The molecule has 2 atom stereocenters. The Morgan fingerprint density at radius 1 is 1.20 bits per heavy atom. The van der Waals surface area contributed by atoms with Crippen molar-refractivity contribution in [2.24, 2.45) is 0 Å². The van der Waals surface area contributed by atoms with E-state index in [4.69, 9.17) is 0 Å². The molecule has 0 aliphatic heterocycles. The molecular formula is C16H19FN2O. The summed E-state index contributed by atoms with van der Waals surface area (Å²) < 4.78 is 12.8. The van der Waals surface area contributed by atoms with Crippen molar-refractivity contribution in [3.8, 4) is 0 Å². The minimum atomic E-state index is -0.344. The molecule has 1 heterocycles. The van der Waals surface area contributed by atoms with Crippen LogP contribution in [0.15, 0.2) is 48.7 Å². The van der Waals surface area contributed by atoms with Gasteiger partial charge in [0.05, 0.1) is 18.5 Å². The molecule has 1 aromatic heterocycles. The van der Waals surface area contributed by atoms with Gasteiger partial charge in [-0.2, -0.15) is 0 Å². The van der Waals surface area contributed by atoms with Crippen LogP contribution in [0.2, 0.25) is 0 Å². The molecule has 0 saturated heterocycles. The van der Waals surface area contributed by atoms with Gasteiger partial charge in [0.25, 0.3) is 0 Å². The Labute approximate surface area is 118 Å². The average Bonchev–Trinajstić information content (AvgIpc) is 2.48. The summed E-state index contributed by atoms with van der Waals surface area (Å²) in [5, 5.41) is 12.8. The monoisotopic (exact) mass is 274 g/mol. The van der Waals surface area contributed by atoms with Gasteiger partial charge in [0, 0.05) is 12.1 Å². The van der Waals surface area contributed by atoms with Gasteiger partial charge in [-0.15, -0.1) is 0 Å². The average molecular weight is 274 g/mol. The van der Waals surface area contributed by atoms with E-state index < -0.39 is 0 Å². The van der Waals surface area contributed by atoms with Crippen molar-refractivity contribution in [3.05, 3.63) is 65.7 Å². The number of rotatable bonds is 6. The van der Waals surface area contributed by atoms with Crippen molar-refractivity contribution < 1.29 is 9.50 Å². The summed E-state index contributed by atoms with van der Waals surface area (Å²) in [6, 6.07) is 12.9. The summed E-state index contributed by atoms with van der Waals surface area (Å²) in [5.74, 6) is -0.344. The number of hydrogen-bond donors (Lipinski definition) is 2. The molecule has 0 aliphatic rings. The van der Waals surface area contributed by atoms with E-state index in [1.165, 1.54) is 17.8 Å². The zero-order valence-corrected chi connectivity index (χ0v) is 11.5. The number of pyridine rings is 1. The maximum absolute atomic E-state index is 12.8. The standard InChI is InChI=1S/C16H19FN2O/c1-12(16-8-7-14(17)10-18-16)19-15(11-20)9-13-5-3-2-4-6-13/h2-8,10,12,15,19-20H,9,11H2,1H3. The molecule has 0 fully saturated rings. The first-order chi connectivity index (χ1) is 9.69. The number of aliphatic hydroxyl groups excluding tert-OH is 1. The molecule has 0 bridgehead atoms. The van der Waals surface area contributed by atoms with Gasteiger partial charge in [-0.25, -0.2) is 4.39 Å². The molecule has 0 saturated carbocycles. The number of halogens is 1. The smallest absolute Gasteiger partial charge is 0.141 e. The van der Waals surface area contributed by atoms with Gasteiger partial charge in [-0.05, 0) is 31.0 Å². The van der Waals surface area contributed by atoms with Gasteiger partial charge in [0.2, 0.25) is 0 Å². The first kappa shape index (κ1) is 14.6. The van der Waals surface area contributed by atoms with Crippen LogP contribution in [0.3, 0.4) is 0 Å². The Morgan fingerprint density at radius 2 is 1.95 bits per heavy atom. The molecule has 0 spiro atoms. The quantitative estimate of drug-likeness (QED) is 0.850. The highest BCUT2D eigenvalue weighted by Gasteiger charge is 2.14. The van der Waals surface area contributed by atoms with Crippen LogP contribution < -0.4 is 5.32 Å². The van der Waals surface area contributed by atoms with E-state index in [-0.39, 0.29) is 24.5 Å². The third-order valence-electron chi connectivity index (χ3n) is 3.22. The molecule has 106 valence electrons. The van der Waals surface area contributed by atoms with E-state index in [1.54, 1.807) is 6.07 Å². The normalized spacial score (nSPS) is 13.9. The fourth-order valence-corrected chi connectivity index (χ4v) is 2.16. The van der Waals surface area contributed by atoms with E-state index in [0.717, 1.165) is 12.1 Å². The summed E-state index contributed by atoms with van der Waals surface area (Å²) in [4.78, 5) is 4.05. The van der Waals surface area contributed by atoms with Crippen molar-refractivity contribution in [1.82, 2.24) is 10.3 Å². The fourth-order valence-electron chi connectivity index (χ4n) is 2.16. The number of hydrogen-bond acceptors (Lipinski definition) is 3. The van der Waals surface area contributed by atoms with Gasteiger partial charge in [-0.1, -0.05) is 30.3 Å². The van der Waals surface area contributed by atoms with Crippen molar-refractivity contribution in [2.75, 3.05) is 6.61 Å². The van der Waals surface area contributed by atoms with Gasteiger partial charge in [0.1, 0.15) is 5.82 Å². The zero-order chi connectivity index (χ0) is 14.4. The minimum absolute atomic E-state index is 0.0421. The first-order valence-corrected chi connectivity index (χ1v) is 6.71. The van der Waals surface area contributed by atoms with Crippen molar-refractivity contribution in [1.29, 1.82) is 0 Å². The molecule has 2 aromatic rings. The topological polar surface area (TPSA) is 45.1 Å². The molecule has 20 heavy (non-hydrogen) atoms. The Bertz CT molecular complexity index is 516. The molecule has 2 N–H and O–H groups in total. The largest absolute Gasteiger partial charge is 0.395 e. The van der Waals surface area contributed by atoms with Crippen LogP contribution in [0.1, 0.15) is 24.2 Å². The maximum atomic E-state index is 12.8. The van der Waals surface area contributed by atoms with Crippen LogP contribution in [-0.4, -0.2) is 22.7 Å². The van der Waals surface area contributed by atoms with E-state index in [9.17, 15) is 9.50 Å². The second-order valence-corrected chi connectivity index (χ2v) is 4.86. The molecular weight excluding hydrogens is 255 g/mol. The molecule has 1 aromatic carbocycles. The Kier molecular flexibility index (Phi) is 5.21.